The number of ether oxygens (including phenoxy) is 2. The summed E-state index contributed by atoms with van der Waals surface area (Å²) in [5.41, 5.74) is 5.30. The van der Waals surface area contributed by atoms with Crippen LogP contribution in [0.1, 0.15) is 5.56 Å². The molecule has 30 heavy (non-hydrogen) atoms. The molecule has 0 amide bonds. The predicted molar refractivity (Wildman–Crippen MR) is 119 cm³/mol. The first kappa shape index (κ1) is 21.8. The Bertz CT molecular complexity index is 1140. The van der Waals surface area contributed by atoms with Gasteiger partial charge in [0, 0.05) is 25.0 Å². The fraction of sp³-hybridized carbons (Fsp3) is 0.200. The SMILES string of the molecule is COc1ccc(C=NNc2nc(-c3ccc(S(=O)(=O)N(C)C)cc3)cs2)cc1OC. The second-order valence-corrected chi connectivity index (χ2v) is 9.34. The van der Waals surface area contributed by atoms with Crippen molar-refractivity contribution in [2.45, 2.75) is 4.90 Å². The highest BCUT2D eigenvalue weighted by atomic mass is 32.2. The maximum absolute atomic E-state index is 12.2. The maximum Gasteiger partial charge on any atom is 0.242 e. The highest BCUT2D eigenvalue weighted by molar-refractivity contribution is 7.89. The molecule has 3 aromatic rings. The van der Waals surface area contributed by atoms with Crippen LogP contribution in [0.5, 0.6) is 11.5 Å². The lowest BCUT2D eigenvalue weighted by Crippen LogP contribution is -2.22. The topological polar surface area (TPSA) is 93.1 Å². The number of rotatable bonds is 8. The van der Waals surface area contributed by atoms with Crippen molar-refractivity contribution in [1.82, 2.24) is 9.29 Å². The number of thiazole rings is 1. The normalized spacial score (nSPS) is 11.8. The van der Waals surface area contributed by atoms with Gasteiger partial charge in [-0.1, -0.05) is 12.1 Å². The lowest BCUT2D eigenvalue weighted by Gasteiger charge is -2.11. The molecule has 1 heterocycles. The highest BCUT2D eigenvalue weighted by Crippen LogP contribution is 2.28. The Morgan fingerprint density at radius 3 is 2.40 bits per heavy atom. The molecular weight excluding hydrogens is 424 g/mol. The van der Waals surface area contributed by atoms with Gasteiger partial charge < -0.3 is 9.47 Å². The molecular formula is C20H22N4O4S2. The fourth-order valence-electron chi connectivity index (χ4n) is 2.56. The number of benzene rings is 2. The van der Waals surface area contributed by atoms with Crippen LogP contribution in [0.3, 0.4) is 0 Å². The van der Waals surface area contributed by atoms with Crippen LogP contribution < -0.4 is 14.9 Å². The molecule has 10 heteroatoms. The van der Waals surface area contributed by atoms with Gasteiger partial charge in [0.25, 0.3) is 0 Å². The lowest BCUT2D eigenvalue weighted by atomic mass is 10.2. The summed E-state index contributed by atoms with van der Waals surface area (Å²) in [6, 6.07) is 12.1. The number of methoxy groups -OCH3 is 2. The van der Waals surface area contributed by atoms with Gasteiger partial charge in [0.1, 0.15) is 0 Å². The Labute approximate surface area is 179 Å². The van der Waals surface area contributed by atoms with Crippen LogP contribution in [0.2, 0.25) is 0 Å². The van der Waals surface area contributed by atoms with Crippen LogP contribution in [0.4, 0.5) is 5.13 Å². The van der Waals surface area contributed by atoms with Crippen LogP contribution in [0, 0.1) is 0 Å². The summed E-state index contributed by atoms with van der Waals surface area (Å²) >= 11 is 1.40. The van der Waals surface area contributed by atoms with Gasteiger partial charge in [0.05, 0.1) is 31.0 Å². The van der Waals surface area contributed by atoms with Crippen LogP contribution in [0.15, 0.2) is 57.8 Å². The summed E-state index contributed by atoms with van der Waals surface area (Å²) in [6.45, 7) is 0. The minimum absolute atomic E-state index is 0.240. The molecule has 0 aliphatic heterocycles. The number of nitrogens with one attached hydrogen (secondary N) is 1. The Hall–Kier alpha value is -2.95. The molecule has 3 rings (SSSR count). The van der Waals surface area contributed by atoms with Crippen molar-refractivity contribution >= 4 is 32.7 Å². The minimum Gasteiger partial charge on any atom is -0.493 e. The van der Waals surface area contributed by atoms with E-state index < -0.39 is 10.0 Å². The van der Waals surface area contributed by atoms with Gasteiger partial charge in [-0.3, -0.25) is 5.43 Å². The van der Waals surface area contributed by atoms with Crippen LogP contribution in [-0.4, -0.2) is 52.2 Å². The number of nitrogens with zero attached hydrogens (tertiary/aromatic N) is 3. The molecule has 2 aromatic carbocycles. The highest BCUT2D eigenvalue weighted by Gasteiger charge is 2.17. The summed E-state index contributed by atoms with van der Waals surface area (Å²) in [5.74, 6) is 1.27. The Morgan fingerprint density at radius 1 is 1.07 bits per heavy atom. The molecule has 1 N–H and O–H groups in total. The first-order valence-corrected chi connectivity index (χ1v) is 11.2. The van der Waals surface area contributed by atoms with Gasteiger partial charge in [-0.05, 0) is 35.9 Å². The van der Waals surface area contributed by atoms with E-state index in [2.05, 4.69) is 15.5 Å². The Kier molecular flexibility index (Phi) is 6.70. The number of hydrazone groups is 1. The molecule has 0 saturated heterocycles. The molecule has 158 valence electrons. The predicted octanol–water partition coefficient (Wildman–Crippen LogP) is 3.52. The molecule has 0 atom stereocenters. The smallest absolute Gasteiger partial charge is 0.242 e. The molecule has 0 radical (unpaired) electrons. The van der Waals surface area contributed by atoms with Crippen LogP contribution >= 0.6 is 11.3 Å². The third kappa shape index (κ3) is 4.78. The van der Waals surface area contributed by atoms with E-state index in [1.807, 2.05) is 23.6 Å². The van der Waals surface area contributed by atoms with E-state index in [4.69, 9.17) is 9.47 Å². The number of sulfonamides is 1. The zero-order valence-corrected chi connectivity index (χ0v) is 18.6. The number of anilines is 1. The summed E-state index contributed by atoms with van der Waals surface area (Å²) in [6.07, 6.45) is 1.66. The summed E-state index contributed by atoms with van der Waals surface area (Å²) in [5, 5.41) is 6.70. The van der Waals surface area contributed by atoms with Crippen molar-refractivity contribution in [3.05, 3.63) is 53.4 Å². The van der Waals surface area contributed by atoms with E-state index >= 15 is 0 Å². The second-order valence-electron chi connectivity index (χ2n) is 6.33. The zero-order valence-electron chi connectivity index (χ0n) is 17.0. The quantitative estimate of drug-likeness (QED) is 0.420. The molecule has 8 nitrogen and oxygen atoms in total. The molecule has 0 bridgehead atoms. The van der Waals surface area contributed by atoms with Crippen molar-refractivity contribution in [3.63, 3.8) is 0 Å². The number of hydrogen-bond acceptors (Lipinski definition) is 8. The van der Waals surface area contributed by atoms with E-state index in [9.17, 15) is 8.42 Å². The van der Waals surface area contributed by atoms with Gasteiger partial charge in [-0.25, -0.2) is 17.7 Å². The summed E-state index contributed by atoms with van der Waals surface area (Å²) in [4.78, 5) is 4.73. The van der Waals surface area contributed by atoms with Crippen molar-refractivity contribution < 1.29 is 17.9 Å². The number of aromatic nitrogens is 1. The minimum atomic E-state index is -3.45. The molecule has 0 saturated carbocycles. The summed E-state index contributed by atoms with van der Waals surface area (Å²) in [7, 11) is 2.72. The zero-order chi connectivity index (χ0) is 21.7. The average Bonchev–Trinajstić information content (AvgIpc) is 3.22. The van der Waals surface area contributed by atoms with Gasteiger partial charge in [-0.2, -0.15) is 5.10 Å². The molecule has 0 aliphatic rings. The number of hydrogen-bond donors (Lipinski definition) is 1. The molecule has 0 spiro atoms. The molecule has 0 fully saturated rings. The van der Waals surface area contributed by atoms with Crippen molar-refractivity contribution in [3.8, 4) is 22.8 Å². The van der Waals surface area contributed by atoms with Gasteiger partial charge >= 0.3 is 0 Å². The monoisotopic (exact) mass is 446 g/mol. The van der Waals surface area contributed by atoms with Crippen LogP contribution in [-0.2, 0) is 10.0 Å². The van der Waals surface area contributed by atoms with E-state index in [-0.39, 0.29) is 4.90 Å². The largest absolute Gasteiger partial charge is 0.493 e. The van der Waals surface area contributed by atoms with E-state index in [0.717, 1.165) is 16.8 Å². The first-order valence-electron chi connectivity index (χ1n) is 8.84. The third-order valence-corrected chi connectivity index (χ3v) is 6.79. The van der Waals surface area contributed by atoms with Gasteiger partial charge in [0.15, 0.2) is 11.5 Å². The van der Waals surface area contributed by atoms with Gasteiger partial charge in [0.2, 0.25) is 15.2 Å². The van der Waals surface area contributed by atoms with Crippen molar-refractivity contribution in [1.29, 1.82) is 0 Å². The van der Waals surface area contributed by atoms with Crippen molar-refractivity contribution in [2.75, 3.05) is 33.7 Å². The van der Waals surface area contributed by atoms with E-state index in [1.165, 1.54) is 29.7 Å². The fourth-order valence-corrected chi connectivity index (χ4v) is 4.13. The van der Waals surface area contributed by atoms with Gasteiger partial charge in [-0.15, -0.1) is 11.3 Å². The average molecular weight is 447 g/mol. The standard InChI is InChI=1S/C20H22N4O4S2/c1-24(2)30(25,26)16-8-6-15(7-9-16)17-13-29-20(22-17)23-21-12-14-5-10-18(27-3)19(11-14)28-4/h5-13H,1-4H3,(H,22,23). The van der Waals surface area contributed by atoms with Crippen LogP contribution in [0.25, 0.3) is 11.3 Å². The second kappa shape index (κ2) is 9.24. The maximum atomic E-state index is 12.2. The summed E-state index contributed by atoms with van der Waals surface area (Å²) < 4.78 is 36.0. The Balaban J connectivity index is 1.69. The van der Waals surface area contributed by atoms with Crippen molar-refractivity contribution in [2.24, 2.45) is 5.10 Å². The molecule has 1 aromatic heterocycles. The molecule has 0 aliphatic carbocycles. The lowest BCUT2D eigenvalue weighted by molar-refractivity contribution is 0.355. The third-order valence-electron chi connectivity index (χ3n) is 4.21. The van der Waals surface area contributed by atoms with E-state index in [0.29, 0.717) is 16.6 Å². The first-order chi connectivity index (χ1) is 14.3. The van der Waals surface area contributed by atoms with E-state index in [1.54, 1.807) is 44.7 Å². The molecule has 0 unspecified atom stereocenters. The Morgan fingerprint density at radius 2 is 1.77 bits per heavy atom.